The van der Waals surface area contributed by atoms with Crippen molar-refractivity contribution in [2.24, 2.45) is 0 Å². The van der Waals surface area contributed by atoms with E-state index in [-0.39, 0.29) is 0 Å². The first kappa shape index (κ1) is 12.1. The van der Waals surface area contributed by atoms with Gasteiger partial charge in [-0.15, -0.1) is 11.3 Å². The van der Waals surface area contributed by atoms with Gasteiger partial charge in [0.15, 0.2) is 0 Å². The quantitative estimate of drug-likeness (QED) is 0.883. The second-order valence-electron chi connectivity index (χ2n) is 3.82. The van der Waals surface area contributed by atoms with E-state index < -0.39 is 0 Å². The van der Waals surface area contributed by atoms with E-state index in [0.29, 0.717) is 6.61 Å². The molecule has 0 spiro atoms. The van der Waals surface area contributed by atoms with Crippen molar-refractivity contribution in [2.45, 2.75) is 20.1 Å². The number of nitrogens with one attached hydrogen (secondary N) is 1. The second kappa shape index (κ2) is 5.80. The van der Waals surface area contributed by atoms with E-state index in [2.05, 4.69) is 22.4 Å². The molecule has 1 aromatic carbocycles. The van der Waals surface area contributed by atoms with Gasteiger partial charge in [-0.05, 0) is 31.7 Å². The zero-order valence-corrected chi connectivity index (χ0v) is 10.9. The fourth-order valence-electron chi connectivity index (χ4n) is 1.58. The topological polar surface area (TPSA) is 34.1 Å². The molecule has 0 aliphatic rings. The lowest BCUT2D eigenvalue weighted by atomic mass is 10.2. The predicted octanol–water partition coefficient (Wildman–Crippen LogP) is 2.75. The molecular weight excluding hydrogens is 232 g/mol. The maximum Gasteiger partial charge on any atom is 0.131 e. The maximum absolute atomic E-state index is 5.71. The van der Waals surface area contributed by atoms with E-state index in [1.165, 1.54) is 5.56 Å². The summed E-state index contributed by atoms with van der Waals surface area (Å²) in [6, 6.07) is 8.11. The lowest BCUT2D eigenvalue weighted by Crippen LogP contribution is -2.05. The number of hydrogen-bond acceptors (Lipinski definition) is 4. The smallest absolute Gasteiger partial charge is 0.131 e. The molecule has 0 saturated carbocycles. The van der Waals surface area contributed by atoms with Crippen LogP contribution in [-0.2, 0) is 13.2 Å². The largest absolute Gasteiger partial charge is 0.487 e. The Bertz CT molecular complexity index is 482. The summed E-state index contributed by atoms with van der Waals surface area (Å²) in [4.78, 5) is 4.37. The first-order valence-corrected chi connectivity index (χ1v) is 6.43. The first-order valence-electron chi connectivity index (χ1n) is 5.55. The van der Waals surface area contributed by atoms with Crippen LogP contribution in [0, 0.1) is 6.92 Å². The SMILES string of the molecule is CNCc1cccc(OCc2csc(C)n2)c1. The maximum atomic E-state index is 5.71. The van der Waals surface area contributed by atoms with Gasteiger partial charge in [-0.1, -0.05) is 12.1 Å². The molecule has 17 heavy (non-hydrogen) atoms. The molecule has 90 valence electrons. The zero-order valence-electron chi connectivity index (χ0n) is 10.1. The fourth-order valence-corrected chi connectivity index (χ4v) is 2.18. The summed E-state index contributed by atoms with van der Waals surface area (Å²) >= 11 is 1.65. The predicted molar refractivity (Wildman–Crippen MR) is 70.4 cm³/mol. The third-order valence-corrected chi connectivity index (χ3v) is 3.15. The molecule has 0 atom stereocenters. The molecule has 0 aliphatic carbocycles. The fraction of sp³-hybridized carbons (Fsp3) is 0.308. The van der Waals surface area contributed by atoms with Gasteiger partial charge in [-0.2, -0.15) is 0 Å². The van der Waals surface area contributed by atoms with Crippen LogP contribution in [0.4, 0.5) is 0 Å². The number of rotatable bonds is 5. The summed E-state index contributed by atoms with van der Waals surface area (Å²) in [5, 5.41) is 6.23. The molecule has 0 unspecified atom stereocenters. The number of hydrogen-bond donors (Lipinski definition) is 1. The van der Waals surface area contributed by atoms with Gasteiger partial charge in [0, 0.05) is 11.9 Å². The van der Waals surface area contributed by atoms with Crippen molar-refractivity contribution < 1.29 is 4.74 Å². The van der Waals surface area contributed by atoms with Gasteiger partial charge in [0.05, 0.1) is 10.7 Å². The first-order chi connectivity index (χ1) is 8.28. The summed E-state index contributed by atoms with van der Waals surface area (Å²) in [6.07, 6.45) is 0. The average molecular weight is 248 g/mol. The third-order valence-electron chi connectivity index (χ3n) is 2.33. The number of benzene rings is 1. The van der Waals surface area contributed by atoms with E-state index in [4.69, 9.17) is 4.74 Å². The van der Waals surface area contributed by atoms with Gasteiger partial charge in [-0.25, -0.2) is 4.98 Å². The summed E-state index contributed by atoms with van der Waals surface area (Å²) < 4.78 is 5.71. The van der Waals surface area contributed by atoms with Crippen LogP contribution in [0.3, 0.4) is 0 Å². The minimum absolute atomic E-state index is 0.535. The molecule has 2 aromatic rings. The number of aryl methyl sites for hydroxylation is 1. The highest BCUT2D eigenvalue weighted by atomic mass is 32.1. The molecule has 0 amide bonds. The molecule has 4 heteroatoms. The van der Waals surface area contributed by atoms with Gasteiger partial charge in [0.1, 0.15) is 12.4 Å². The molecule has 0 bridgehead atoms. The van der Waals surface area contributed by atoms with Crippen molar-refractivity contribution >= 4 is 11.3 Å². The van der Waals surface area contributed by atoms with E-state index >= 15 is 0 Å². The molecule has 0 fully saturated rings. The Kier molecular flexibility index (Phi) is 4.12. The molecule has 1 aromatic heterocycles. The summed E-state index contributed by atoms with van der Waals surface area (Å²) in [7, 11) is 1.94. The summed E-state index contributed by atoms with van der Waals surface area (Å²) in [5.41, 5.74) is 2.21. The average Bonchev–Trinajstić information content (AvgIpc) is 2.74. The van der Waals surface area contributed by atoms with Gasteiger partial charge in [-0.3, -0.25) is 0 Å². The molecule has 0 radical (unpaired) electrons. The highest BCUT2D eigenvalue weighted by molar-refractivity contribution is 7.09. The van der Waals surface area contributed by atoms with Crippen molar-refractivity contribution in [1.29, 1.82) is 0 Å². The van der Waals surface area contributed by atoms with E-state index in [1.807, 2.05) is 31.5 Å². The molecule has 2 rings (SSSR count). The van der Waals surface area contributed by atoms with Crippen LogP contribution < -0.4 is 10.1 Å². The highest BCUT2D eigenvalue weighted by Crippen LogP contribution is 2.16. The van der Waals surface area contributed by atoms with Crippen LogP contribution in [0.15, 0.2) is 29.6 Å². The molecule has 3 nitrogen and oxygen atoms in total. The Labute approximate surface area is 105 Å². The normalized spacial score (nSPS) is 10.5. The second-order valence-corrected chi connectivity index (χ2v) is 4.89. The number of nitrogens with zero attached hydrogens (tertiary/aromatic N) is 1. The van der Waals surface area contributed by atoms with Gasteiger partial charge >= 0.3 is 0 Å². The third kappa shape index (κ3) is 3.54. The van der Waals surface area contributed by atoms with Crippen LogP contribution in [0.2, 0.25) is 0 Å². The van der Waals surface area contributed by atoms with Crippen LogP contribution in [0.25, 0.3) is 0 Å². The molecule has 1 heterocycles. The minimum Gasteiger partial charge on any atom is -0.487 e. The van der Waals surface area contributed by atoms with Crippen LogP contribution in [0.5, 0.6) is 5.75 Å². The number of ether oxygens (including phenoxy) is 1. The van der Waals surface area contributed by atoms with Crippen LogP contribution in [-0.4, -0.2) is 12.0 Å². The van der Waals surface area contributed by atoms with Gasteiger partial charge < -0.3 is 10.1 Å². The molecule has 0 saturated heterocycles. The monoisotopic (exact) mass is 248 g/mol. The Morgan fingerprint density at radius 3 is 3.00 bits per heavy atom. The molecule has 1 N–H and O–H groups in total. The Balaban J connectivity index is 1.96. The summed E-state index contributed by atoms with van der Waals surface area (Å²) in [5.74, 6) is 0.892. The number of aromatic nitrogens is 1. The van der Waals surface area contributed by atoms with E-state index in [0.717, 1.165) is 23.0 Å². The Morgan fingerprint density at radius 2 is 2.29 bits per heavy atom. The minimum atomic E-state index is 0.535. The Hall–Kier alpha value is -1.39. The Morgan fingerprint density at radius 1 is 1.41 bits per heavy atom. The highest BCUT2D eigenvalue weighted by Gasteiger charge is 2.00. The molecule has 0 aliphatic heterocycles. The lowest BCUT2D eigenvalue weighted by Gasteiger charge is -2.06. The zero-order chi connectivity index (χ0) is 12.1. The van der Waals surface area contributed by atoms with Crippen molar-refractivity contribution in [2.75, 3.05) is 7.05 Å². The van der Waals surface area contributed by atoms with Gasteiger partial charge in [0.25, 0.3) is 0 Å². The van der Waals surface area contributed by atoms with Crippen molar-refractivity contribution in [1.82, 2.24) is 10.3 Å². The van der Waals surface area contributed by atoms with Crippen molar-refractivity contribution in [3.05, 3.63) is 45.9 Å². The van der Waals surface area contributed by atoms with Crippen molar-refractivity contribution in [3.8, 4) is 5.75 Å². The van der Waals surface area contributed by atoms with E-state index in [9.17, 15) is 0 Å². The lowest BCUT2D eigenvalue weighted by molar-refractivity contribution is 0.301. The van der Waals surface area contributed by atoms with E-state index in [1.54, 1.807) is 11.3 Å². The molecular formula is C13H16N2OS. The van der Waals surface area contributed by atoms with Crippen LogP contribution in [0.1, 0.15) is 16.3 Å². The standard InChI is InChI=1S/C13H16N2OS/c1-10-15-12(9-17-10)8-16-13-5-3-4-11(6-13)7-14-2/h3-6,9,14H,7-8H2,1-2H3. The van der Waals surface area contributed by atoms with Crippen LogP contribution >= 0.6 is 11.3 Å². The number of thiazole rings is 1. The van der Waals surface area contributed by atoms with Crippen molar-refractivity contribution in [3.63, 3.8) is 0 Å². The summed E-state index contributed by atoms with van der Waals surface area (Å²) in [6.45, 7) is 3.39. The van der Waals surface area contributed by atoms with Gasteiger partial charge in [0.2, 0.25) is 0 Å².